The van der Waals surface area contributed by atoms with Crippen molar-refractivity contribution in [2.24, 2.45) is 4.99 Å². The Morgan fingerprint density at radius 1 is 1.17 bits per heavy atom. The first-order valence-electron chi connectivity index (χ1n) is 5.51. The van der Waals surface area contributed by atoms with Crippen LogP contribution in [-0.4, -0.2) is 19.8 Å². The van der Waals surface area contributed by atoms with Crippen LogP contribution in [0.4, 0.5) is 5.69 Å². The van der Waals surface area contributed by atoms with Gasteiger partial charge in [-0.15, -0.1) is 0 Å². The molecule has 90 valence electrons. The summed E-state index contributed by atoms with van der Waals surface area (Å²) in [5, 5.41) is 0. The molecule has 0 aliphatic rings. The van der Waals surface area contributed by atoms with Gasteiger partial charge in [-0.05, 0) is 36.0 Å². The van der Waals surface area contributed by atoms with Gasteiger partial charge in [-0.3, -0.25) is 4.99 Å². The summed E-state index contributed by atoms with van der Waals surface area (Å²) in [6.07, 6.45) is 0. The van der Waals surface area contributed by atoms with E-state index < -0.39 is 0 Å². The van der Waals surface area contributed by atoms with Gasteiger partial charge in [0.15, 0.2) is 0 Å². The smallest absolute Gasteiger partial charge is 0.338 e. The molecule has 18 heavy (non-hydrogen) atoms. The molecular weight excluding hydrogens is 226 g/mol. The summed E-state index contributed by atoms with van der Waals surface area (Å²) in [4.78, 5) is 15.6. The zero-order valence-electron chi connectivity index (χ0n) is 10.1. The van der Waals surface area contributed by atoms with E-state index in [4.69, 9.17) is 4.74 Å². The Morgan fingerprint density at radius 3 is 2.50 bits per heavy atom. The molecule has 0 spiro atoms. The van der Waals surface area contributed by atoms with Crippen LogP contribution in [0.3, 0.4) is 0 Å². The Kier molecular flexibility index (Phi) is 3.53. The zero-order chi connectivity index (χ0) is 13.0. The number of benzene rings is 2. The van der Waals surface area contributed by atoms with Gasteiger partial charge in [-0.1, -0.05) is 30.3 Å². The Labute approximate surface area is 106 Å². The lowest BCUT2D eigenvalue weighted by Gasteiger charge is -2.09. The van der Waals surface area contributed by atoms with Crippen molar-refractivity contribution in [2.75, 3.05) is 7.11 Å². The summed E-state index contributed by atoms with van der Waals surface area (Å²) in [6.45, 7) is 3.49. The summed E-state index contributed by atoms with van der Waals surface area (Å²) in [7, 11) is 1.37. The lowest BCUT2D eigenvalue weighted by molar-refractivity contribution is 0.0601. The molecule has 0 bridgehead atoms. The molecular formula is C15H13NO2. The van der Waals surface area contributed by atoms with Gasteiger partial charge in [0.2, 0.25) is 0 Å². The molecule has 0 aromatic heterocycles. The summed E-state index contributed by atoms with van der Waals surface area (Å²) in [6, 6.07) is 14.9. The third kappa shape index (κ3) is 2.30. The van der Waals surface area contributed by atoms with Gasteiger partial charge in [0.1, 0.15) is 0 Å². The monoisotopic (exact) mass is 239 g/mol. The molecule has 0 radical (unpaired) electrons. The number of esters is 1. The number of aliphatic imine (C=N–C) groups is 1. The van der Waals surface area contributed by atoms with Crippen molar-refractivity contribution < 1.29 is 9.53 Å². The molecule has 0 atom stereocenters. The van der Waals surface area contributed by atoms with E-state index in [1.807, 2.05) is 36.4 Å². The Morgan fingerprint density at radius 2 is 1.89 bits per heavy atom. The van der Waals surface area contributed by atoms with E-state index in [-0.39, 0.29) is 5.97 Å². The van der Waals surface area contributed by atoms with Crippen molar-refractivity contribution in [3.8, 4) is 11.1 Å². The molecule has 0 saturated carbocycles. The van der Waals surface area contributed by atoms with E-state index in [2.05, 4.69) is 11.7 Å². The van der Waals surface area contributed by atoms with Crippen molar-refractivity contribution in [1.29, 1.82) is 0 Å². The number of hydrogen-bond donors (Lipinski definition) is 0. The van der Waals surface area contributed by atoms with Gasteiger partial charge in [0.25, 0.3) is 0 Å². The Bertz CT molecular complexity index is 576. The Balaban J connectivity index is 2.62. The van der Waals surface area contributed by atoms with Crippen LogP contribution in [0, 0.1) is 0 Å². The standard InChI is InChI=1S/C15H13NO2/c1-16-12-8-9-13(15(17)18-2)14(10-12)11-6-4-3-5-7-11/h3-10H,1H2,2H3. The van der Waals surface area contributed by atoms with Gasteiger partial charge in [-0.25, -0.2) is 4.79 Å². The third-order valence-electron chi connectivity index (χ3n) is 2.68. The van der Waals surface area contributed by atoms with Crippen molar-refractivity contribution in [1.82, 2.24) is 0 Å². The highest BCUT2D eigenvalue weighted by molar-refractivity contribution is 5.98. The van der Waals surface area contributed by atoms with E-state index in [9.17, 15) is 4.79 Å². The minimum atomic E-state index is -0.357. The van der Waals surface area contributed by atoms with Gasteiger partial charge in [0.05, 0.1) is 18.4 Å². The average molecular weight is 239 g/mol. The van der Waals surface area contributed by atoms with Crippen molar-refractivity contribution >= 4 is 18.4 Å². The number of hydrogen-bond acceptors (Lipinski definition) is 3. The summed E-state index contributed by atoms with van der Waals surface area (Å²) < 4.78 is 4.79. The number of methoxy groups -OCH3 is 1. The van der Waals surface area contributed by atoms with Crippen molar-refractivity contribution in [3.05, 3.63) is 54.1 Å². The minimum absolute atomic E-state index is 0.357. The predicted octanol–water partition coefficient (Wildman–Crippen LogP) is 3.47. The maximum atomic E-state index is 11.7. The average Bonchev–Trinajstić information content (AvgIpc) is 2.46. The lowest BCUT2D eigenvalue weighted by atomic mass is 9.99. The fourth-order valence-corrected chi connectivity index (χ4v) is 1.78. The van der Waals surface area contributed by atoms with Crippen LogP contribution in [0.25, 0.3) is 11.1 Å². The Hall–Kier alpha value is -2.42. The van der Waals surface area contributed by atoms with Gasteiger partial charge < -0.3 is 4.74 Å². The summed E-state index contributed by atoms with van der Waals surface area (Å²) >= 11 is 0. The van der Waals surface area contributed by atoms with Crippen LogP contribution in [0.5, 0.6) is 0 Å². The molecule has 0 aliphatic carbocycles. The lowest BCUT2D eigenvalue weighted by Crippen LogP contribution is -2.03. The van der Waals surface area contributed by atoms with Gasteiger partial charge >= 0.3 is 5.97 Å². The van der Waals surface area contributed by atoms with Gasteiger partial charge in [0, 0.05) is 0 Å². The third-order valence-corrected chi connectivity index (χ3v) is 2.68. The quantitative estimate of drug-likeness (QED) is 0.607. The van der Waals surface area contributed by atoms with Crippen LogP contribution in [0.15, 0.2) is 53.5 Å². The molecule has 0 aliphatic heterocycles. The van der Waals surface area contributed by atoms with E-state index in [0.717, 1.165) is 16.8 Å². The molecule has 0 unspecified atom stereocenters. The molecule has 2 aromatic carbocycles. The fourth-order valence-electron chi connectivity index (χ4n) is 1.78. The molecule has 0 saturated heterocycles. The molecule has 3 nitrogen and oxygen atoms in total. The zero-order valence-corrected chi connectivity index (χ0v) is 10.1. The topological polar surface area (TPSA) is 38.7 Å². The maximum Gasteiger partial charge on any atom is 0.338 e. The van der Waals surface area contributed by atoms with Crippen molar-refractivity contribution in [2.45, 2.75) is 0 Å². The first-order valence-corrected chi connectivity index (χ1v) is 5.51. The number of nitrogens with zero attached hydrogens (tertiary/aromatic N) is 1. The van der Waals surface area contributed by atoms with Crippen LogP contribution in [0.2, 0.25) is 0 Å². The van der Waals surface area contributed by atoms with E-state index in [1.165, 1.54) is 7.11 Å². The van der Waals surface area contributed by atoms with Crippen LogP contribution >= 0.6 is 0 Å². The van der Waals surface area contributed by atoms with E-state index in [0.29, 0.717) is 5.56 Å². The number of rotatable bonds is 3. The van der Waals surface area contributed by atoms with Crippen LogP contribution < -0.4 is 0 Å². The SMILES string of the molecule is C=Nc1ccc(C(=O)OC)c(-c2ccccc2)c1. The summed E-state index contributed by atoms with van der Waals surface area (Å²) in [5.41, 5.74) is 2.99. The molecule has 0 amide bonds. The van der Waals surface area contributed by atoms with Crippen LogP contribution in [-0.2, 0) is 4.74 Å². The first kappa shape index (κ1) is 12.0. The molecule has 0 fully saturated rings. The number of carbonyl (C=O) groups is 1. The second-order valence-electron chi connectivity index (χ2n) is 3.75. The maximum absolute atomic E-state index is 11.7. The first-order chi connectivity index (χ1) is 8.76. The highest BCUT2D eigenvalue weighted by atomic mass is 16.5. The number of carbonyl (C=O) groups excluding carboxylic acids is 1. The number of ether oxygens (including phenoxy) is 1. The second-order valence-corrected chi connectivity index (χ2v) is 3.75. The van der Waals surface area contributed by atoms with E-state index in [1.54, 1.807) is 12.1 Å². The highest BCUT2D eigenvalue weighted by Gasteiger charge is 2.13. The second kappa shape index (κ2) is 5.27. The fraction of sp³-hybridized carbons (Fsp3) is 0.0667. The van der Waals surface area contributed by atoms with Crippen molar-refractivity contribution in [3.63, 3.8) is 0 Å². The minimum Gasteiger partial charge on any atom is -0.465 e. The molecule has 0 heterocycles. The molecule has 3 heteroatoms. The molecule has 0 N–H and O–H groups in total. The predicted molar refractivity (Wildman–Crippen MR) is 72.4 cm³/mol. The molecule has 2 rings (SSSR count). The van der Waals surface area contributed by atoms with E-state index >= 15 is 0 Å². The largest absolute Gasteiger partial charge is 0.465 e. The summed E-state index contributed by atoms with van der Waals surface area (Å²) in [5.74, 6) is -0.357. The molecule has 2 aromatic rings. The normalized spacial score (nSPS) is 9.83. The van der Waals surface area contributed by atoms with Crippen LogP contribution in [0.1, 0.15) is 10.4 Å². The highest BCUT2D eigenvalue weighted by Crippen LogP contribution is 2.28. The van der Waals surface area contributed by atoms with Gasteiger partial charge in [-0.2, -0.15) is 0 Å².